The maximum atomic E-state index is 12.9. The maximum absolute atomic E-state index is 12.9. The van der Waals surface area contributed by atoms with E-state index in [-0.39, 0.29) is 17.4 Å². The molecule has 86 valence electrons. The Morgan fingerprint density at radius 3 is 3.00 bits per heavy atom. The lowest BCUT2D eigenvalue weighted by Crippen LogP contribution is -2.18. The number of carbonyl (C=O) groups excluding carboxylic acids is 1. The molecule has 1 atom stereocenters. The molecule has 1 aromatic carbocycles. The van der Waals surface area contributed by atoms with Gasteiger partial charge in [-0.25, -0.2) is 9.18 Å². The summed E-state index contributed by atoms with van der Waals surface area (Å²) in [5.41, 5.74) is 5.56. The van der Waals surface area contributed by atoms with E-state index in [0.717, 1.165) is 6.07 Å². The van der Waals surface area contributed by atoms with E-state index in [1.54, 1.807) is 0 Å². The van der Waals surface area contributed by atoms with Crippen LogP contribution < -0.4 is 5.73 Å². The van der Waals surface area contributed by atoms with Gasteiger partial charge in [-0.2, -0.15) is 0 Å². The van der Waals surface area contributed by atoms with Crippen LogP contribution in [0.1, 0.15) is 16.8 Å². The Hall–Kier alpha value is -1.62. The number of benzene rings is 1. The molecular weight excluding hydrogens is 213 g/mol. The van der Waals surface area contributed by atoms with E-state index in [0.29, 0.717) is 19.6 Å². The molecule has 2 N–H and O–H groups in total. The highest BCUT2D eigenvalue weighted by Gasteiger charge is 2.21. The molecule has 1 saturated heterocycles. The van der Waals surface area contributed by atoms with Gasteiger partial charge in [0.1, 0.15) is 11.9 Å². The van der Waals surface area contributed by atoms with Gasteiger partial charge in [-0.1, -0.05) is 0 Å². The van der Waals surface area contributed by atoms with Crippen LogP contribution in [0.4, 0.5) is 10.1 Å². The molecule has 1 aliphatic rings. The summed E-state index contributed by atoms with van der Waals surface area (Å²) in [6.07, 6.45) is 0.487. The molecule has 1 aliphatic heterocycles. The standard InChI is InChI=1S/C11H12FNO3/c12-9-2-1-7(5-10(9)13)11(14)16-8-3-4-15-6-8/h1-2,5,8H,3-4,6,13H2. The number of carbonyl (C=O) groups is 1. The highest BCUT2D eigenvalue weighted by molar-refractivity contribution is 5.90. The molecular formula is C11H12FNO3. The van der Waals surface area contributed by atoms with Crippen molar-refractivity contribution < 1.29 is 18.7 Å². The SMILES string of the molecule is Nc1cc(C(=O)OC2CCOC2)ccc1F. The molecule has 2 rings (SSSR count). The first-order chi connectivity index (χ1) is 7.66. The van der Waals surface area contributed by atoms with Crippen molar-refractivity contribution in [1.29, 1.82) is 0 Å². The van der Waals surface area contributed by atoms with Gasteiger partial charge in [0, 0.05) is 6.42 Å². The van der Waals surface area contributed by atoms with Crippen LogP contribution in [0.2, 0.25) is 0 Å². The average Bonchev–Trinajstić information content (AvgIpc) is 2.74. The number of ether oxygens (including phenoxy) is 2. The smallest absolute Gasteiger partial charge is 0.338 e. The number of hydrogen-bond acceptors (Lipinski definition) is 4. The third-order valence-corrected chi connectivity index (χ3v) is 2.39. The fourth-order valence-corrected chi connectivity index (χ4v) is 1.50. The largest absolute Gasteiger partial charge is 0.456 e. The predicted molar refractivity (Wildman–Crippen MR) is 55.5 cm³/mol. The maximum Gasteiger partial charge on any atom is 0.338 e. The topological polar surface area (TPSA) is 61.6 Å². The van der Waals surface area contributed by atoms with Gasteiger partial charge in [-0.3, -0.25) is 0 Å². The zero-order valence-corrected chi connectivity index (χ0v) is 8.61. The van der Waals surface area contributed by atoms with Crippen molar-refractivity contribution in [3.63, 3.8) is 0 Å². The third kappa shape index (κ3) is 2.30. The van der Waals surface area contributed by atoms with Crippen LogP contribution in [0.3, 0.4) is 0 Å². The van der Waals surface area contributed by atoms with E-state index in [1.165, 1.54) is 12.1 Å². The molecule has 1 heterocycles. The summed E-state index contributed by atoms with van der Waals surface area (Å²) in [5.74, 6) is -1.04. The molecule has 0 saturated carbocycles. The van der Waals surface area contributed by atoms with Crippen LogP contribution in [-0.4, -0.2) is 25.3 Å². The number of nitrogen functional groups attached to an aromatic ring is 1. The number of esters is 1. The minimum atomic E-state index is -0.541. The van der Waals surface area contributed by atoms with E-state index in [4.69, 9.17) is 15.2 Å². The number of rotatable bonds is 2. The fraction of sp³-hybridized carbons (Fsp3) is 0.364. The van der Waals surface area contributed by atoms with Crippen molar-refractivity contribution in [2.75, 3.05) is 18.9 Å². The van der Waals surface area contributed by atoms with Crippen molar-refractivity contribution >= 4 is 11.7 Å². The molecule has 1 fully saturated rings. The number of nitrogens with two attached hydrogens (primary N) is 1. The van der Waals surface area contributed by atoms with Crippen LogP contribution in [0.5, 0.6) is 0 Å². The second-order valence-corrected chi connectivity index (χ2v) is 3.63. The summed E-state index contributed by atoms with van der Waals surface area (Å²) in [5, 5.41) is 0. The van der Waals surface area contributed by atoms with Crippen LogP contribution in [0, 0.1) is 5.82 Å². The van der Waals surface area contributed by atoms with E-state index >= 15 is 0 Å². The molecule has 0 amide bonds. The van der Waals surface area contributed by atoms with Gasteiger partial charge in [0.25, 0.3) is 0 Å². The lowest BCUT2D eigenvalue weighted by atomic mass is 10.2. The second kappa shape index (κ2) is 4.49. The molecule has 0 radical (unpaired) electrons. The van der Waals surface area contributed by atoms with Crippen molar-refractivity contribution in [2.24, 2.45) is 0 Å². The summed E-state index contributed by atoms with van der Waals surface area (Å²) < 4.78 is 23.1. The Balaban J connectivity index is 2.05. The first-order valence-corrected chi connectivity index (χ1v) is 5.00. The molecule has 0 spiro atoms. The molecule has 0 aromatic heterocycles. The highest BCUT2D eigenvalue weighted by atomic mass is 19.1. The Labute approximate surface area is 92.1 Å². The lowest BCUT2D eigenvalue weighted by molar-refractivity contribution is 0.0270. The fourth-order valence-electron chi connectivity index (χ4n) is 1.50. The Bertz CT molecular complexity index is 402. The van der Waals surface area contributed by atoms with Gasteiger partial charge in [0.15, 0.2) is 0 Å². The molecule has 4 nitrogen and oxygen atoms in total. The summed E-state index contributed by atoms with van der Waals surface area (Å²) in [7, 11) is 0. The summed E-state index contributed by atoms with van der Waals surface area (Å²) in [4.78, 5) is 11.6. The predicted octanol–water partition coefficient (Wildman–Crippen LogP) is 1.35. The molecule has 1 unspecified atom stereocenters. The van der Waals surface area contributed by atoms with Gasteiger partial charge in [0.05, 0.1) is 24.5 Å². The van der Waals surface area contributed by atoms with Crippen molar-refractivity contribution in [2.45, 2.75) is 12.5 Å². The van der Waals surface area contributed by atoms with Gasteiger partial charge in [-0.15, -0.1) is 0 Å². The van der Waals surface area contributed by atoms with Crippen molar-refractivity contribution in [1.82, 2.24) is 0 Å². The zero-order chi connectivity index (χ0) is 11.5. The van der Waals surface area contributed by atoms with Crippen LogP contribution in [0.25, 0.3) is 0 Å². The summed E-state index contributed by atoms with van der Waals surface area (Å²) >= 11 is 0. The van der Waals surface area contributed by atoms with E-state index in [9.17, 15) is 9.18 Å². The van der Waals surface area contributed by atoms with Crippen LogP contribution in [-0.2, 0) is 9.47 Å². The van der Waals surface area contributed by atoms with E-state index in [1.807, 2.05) is 0 Å². The summed E-state index contributed by atoms with van der Waals surface area (Å²) in [6.45, 7) is 1.02. The number of hydrogen-bond donors (Lipinski definition) is 1. The molecule has 0 aliphatic carbocycles. The Morgan fingerprint density at radius 1 is 1.56 bits per heavy atom. The average molecular weight is 225 g/mol. The quantitative estimate of drug-likeness (QED) is 0.609. The number of halogens is 1. The molecule has 1 aromatic rings. The van der Waals surface area contributed by atoms with Gasteiger partial charge >= 0.3 is 5.97 Å². The third-order valence-electron chi connectivity index (χ3n) is 2.39. The van der Waals surface area contributed by atoms with Gasteiger partial charge in [-0.05, 0) is 18.2 Å². The number of anilines is 1. The lowest BCUT2D eigenvalue weighted by Gasteiger charge is -2.10. The van der Waals surface area contributed by atoms with Gasteiger partial charge < -0.3 is 15.2 Å². The van der Waals surface area contributed by atoms with Crippen LogP contribution >= 0.6 is 0 Å². The van der Waals surface area contributed by atoms with Crippen molar-refractivity contribution in [3.8, 4) is 0 Å². The van der Waals surface area contributed by atoms with E-state index < -0.39 is 11.8 Å². The highest BCUT2D eigenvalue weighted by Crippen LogP contribution is 2.15. The summed E-state index contributed by atoms with van der Waals surface area (Å²) in [6, 6.07) is 3.77. The first kappa shape index (κ1) is 10.9. The monoisotopic (exact) mass is 225 g/mol. The molecule has 0 bridgehead atoms. The van der Waals surface area contributed by atoms with Crippen LogP contribution in [0.15, 0.2) is 18.2 Å². The normalized spacial score (nSPS) is 19.7. The molecule has 16 heavy (non-hydrogen) atoms. The second-order valence-electron chi connectivity index (χ2n) is 3.63. The molecule has 5 heteroatoms. The zero-order valence-electron chi connectivity index (χ0n) is 8.61. The van der Waals surface area contributed by atoms with Crippen molar-refractivity contribution in [3.05, 3.63) is 29.6 Å². The van der Waals surface area contributed by atoms with Gasteiger partial charge in [0.2, 0.25) is 0 Å². The minimum Gasteiger partial charge on any atom is -0.456 e. The van der Waals surface area contributed by atoms with E-state index in [2.05, 4.69) is 0 Å². The minimum absolute atomic E-state index is 0.0582. The Kier molecular flexibility index (Phi) is 3.05. The first-order valence-electron chi connectivity index (χ1n) is 5.00. The Morgan fingerprint density at radius 2 is 2.38 bits per heavy atom.